The molecule has 4 amide bonds. The molecular weight excluding hydrogens is 672 g/mol. The van der Waals surface area contributed by atoms with Crippen LogP contribution in [0.25, 0.3) is 0 Å². The highest BCUT2D eigenvalue weighted by atomic mass is 16.5. The molecule has 6 saturated heterocycles. The molecule has 286 valence electrons. The number of nitrogens with zero attached hydrogens (tertiary/aromatic N) is 4. The normalized spacial score (nSPS) is 26.6. The molecule has 0 aliphatic carbocycles. The standard InChI is InChI=1S/C41H56N6O6/c48-36-11-5-4-7-32(36)28-44-20-13-30-25-38(50)45-21-14-33(15-22-45)47-19-6-10-35(47)40(52)43-41(26-37(49)42-18-12-31(30)27-44)16-23-46(24-17-41)39(51)29-53-34-8-2-1-3-9-34/h1-5,7-9,11,30-31,33,35,48H,6,10,12-29H2,(H,42,49)(H,43,52)/t30-,31-,35-/m0/s1. The molecule has 2 aromatic rings. The molecule has 1 spiro atoms. The van der Waals surface area contributed by atoms with Gasteiger partial charge in [0.25, 0.3) is 5.91 Å². The summed E-state index contributed by atoms with van der Waals surface area (Å²) in [5.74, 6) is 1.33. The Labute approximate surface area is 313 Å². The summed E-state index contributed by atoms with van der Waals surface area (Å²) in [5, 5.41) is 17.0. The van der Waals surface area contributed by atoms with Crippen molar-refractivity contribution in [3.05, 3.63) is 60.2 Å². The molecule has 2 aromatic carbocycles. The third-order valence-corrected chi connectivity index (χ3v) is 12.6. The third-order valence-electron chi connectivity index (χ3n) is 12.6. The minimum absolute atomic E-state index is 0.0308. The van der Waals surface area contributed by atoms with Crippen molar-refractivity contribution in [2.75, 3.05) is 59.0 Å². The number of ether oxygens (including phenoxy) is 1. The largest absolute Gasteiger partial charge is 0.508 e. The SMILES string of the molecule is O=C1CC2(CCN(C(=O)COc3ccccc3)CC2)NC(=O)[C@@H]2CCCN2C2CCN(CC2)C(=O)C[C@@H]2CCN(Cc3ccccc3O)C[C@@H]2CCN1. The molecular formula is C41H56N6O6. The summed E-state index contributed by atoms with van der Waals surface area (Å²) in [6, 6.07) is 16.7. The first-order chi connectivity index (χ1) is 25.7. The van der Waals surface area contributed by atoms with Crippen molar-refractivity contribution >= 4 is 23.6 Å². The van der Waals surface area contributed by atoms with E-state index < -0.39 is 5.54 Å². The zero-order chi connectivity index (χ0) is 36.8. The van der Waals surface area contributed by atoms with Crippen molar-refractivity contribution in [3.63, 3.8) is 0 Å². The Morgan fingerprint density at radius 2 is 1.60 bits per heavy atom. The average molecular weight is 729 g/mol. The summed E-state index contributed by atoms with van der Waals surface area (Å²) in [5.41, 5.74) is 0.137. The summed E-state index contributed by atoms with van der Waals surface area (Å²) in [4.78, 5) is 63.3. The summed E-state index contributed by atoms with van der Waals surface area (Å²) in [7, 11) is 0. The van der Waals surface area contributed by atoms with Gasteiger partial charge < -0.3 is 30.3 Å². The van der Waals surface area contributed by atoms with Crippen LogP contribution in [0.1, 0.15) is 69.8 Å². The molecule has 53 heavy (non-hydrogen) atoms. The highest BCUT2D eigenvalue weighted by Crippen LogP contribution is 2.34. The van der Waals surface area contributed by atoms with E-state index in [-0.39, 0.29) is 60.6 Å². The third kappa shape index (κ3) is 9.15. The fourth-order valence-corrected chi connectivity index (χ4v) is 9.48. The lowest BCUT2D eigenvalue weighted by Gasteiger charge is -2.44. The van der Waals surface area contributed by atoms with Crippen molar-refractivity contribution in [1.29, 1.82) is 0 Å². The highest BCUT2D eigenvalue weighted by Gasteiger charge is 2.44. The number of likely N-dealkylation sites (tertiary alicyclic amines) is 2. The van der Waals surface area contributed by atoms with Crippen molar-refractivity contribution in [2.45, 2.75) is 88.4 Å². The highest BCUT2D eigenvalue weighted by molar-refractivity contribution is 5.85. The molecule has 6 aliphatic rings. The van der Waals surface area contributed by atoms with E-state index in [9.17, 15) is 24.3 Å². The minimum atomic E-state index is -0.754. The van der Waals surface area contributed by atoms with Crippen LogP contribution in [0.3, 0.4) is 0 Å². The molecule has 6 fully saturated rings. The zero-order valence-corrected chi connectivity index (χ0v) is 30.9. The number of phenolic OH excluding ortho intramolecular Hbond substituents is 1. The number of nitrogens with one attached hydrogen (secondary N) is 2. The molecule has 6 aliphatic heterocycles. The van der Waals surface area contributed by atoms with Gasteiger partial charge in [-0.3, -0.25) is 29.0 Å². The van der Waals surface area contributed by atoms with Gasteiger partial charge in [-0.2, -0.15) is 0 Å². The van der Waals surface area contributed by atoms with Crippen LogP contribution in [0.4, 0.5) is 0 Å². The van der Waals surface area contributed by atoms with E-state index in [1.165, 1.54) is 0 Å². The maximum atomic E-state index is 14.1. The van der Waals surface area contributed by atoms with Crippen molar-refractivity contribution < 1.29 is 29.0 Å². The number of carbonyl (C=O) groups is 4. The Morgan fingerprint density at radius 1 is 0.849 bits per heavy atom. The van der Waals surface area contributed by atoms with Crippen LogP contribution in [0.2, 0.25) is 0 Å². The van der Waals surface area contributed by atoms with E-state index in [1.54, 1.807) is 11.0 Å². The lowest BCUT2D eigenvalue weighted by molar-refractivity contribution is -0.138. The second-order valence-corrected chi connectivity index (χ2v) is 16.0. The molecule has 0 saturated carbocycles. The molecule has 3 N–H and O–H groups in total. The van der Waals surface area contributed by atoms with E-state index in [0.717, 1.165) is 63.7 Å². The number of carbonyl (C=O) groups excluding carboxylic acids is 4. The Hall–Kier alpha value is -4.16. The Bertz CT molecular complexity index is 1590. The van der Waals surface area contributed by atoms with Gasteiger partial charge in [0, 0.05) is 70.3 Å². The van der Waals surface area contributed by atoms with Crippen LogP contribution < -0.4 is 15.4 Å². The van der Waals surface area contributed by atoms with E-state index >= 15 is 0 Å². The summed E-state index contributed by atoms with van der Waals surface area (Å²) in [6.45, 7) is 5.85. The summed E-state index contributed by atoms with van der Waals surface area (Å²) < 4.78 is 5.73. The second kappa shape index (κ2) is 16.9. The van der Waals surface area contributed by atoms with Crippen LogP contribution in [0.5, 0.6) is 11.5 Å². The molecule has 0 radical (unpaired) electrons. The average Bonchev–Trinajstić information content (AvgIpc) is 3.67. The van der Waals surface area contributed by atoms with Crippen LogP contribution in [0, 0.1) is 11.8 Å². The number of phenols is 1. The monoisotopic (exact) mass is 728 g/mol. The van der Waals surface area contributed by atoms with Gasteiger partial charge in [0.15, 0.2) is 6.61 Å². The molecule has 12 nitrogen and oxygen atoms in total. The predicted octanol–water partition coefficient (Wildman–Crippen LogP) is 3.14. The first kappa shape index (κ1) is 37.2. The number of rotatable bonds is 5. The van der Waals surface area contributed by atoms with Gasteiger partial charge >= 0.3 is 0 Å². The molecule has 0 unspecified atom stereocenters. The van der Waals surface area contributed by atoms with Gasteiger partial charge in [-0.05, 0) is 94.5 Å². The minimum Gasteiger partial charge on any atom is -0.508 e. The van der Waals surface area contributed by atoms with E-state index in [4.69, 9.17) is 4.74 Å². The Morgan fingerprint density at radius 3 is 2.38 bits per heavy atom. The molecule has 6 heterocycles. The van der Waals surface area contributed by atoms with Gasteiger partial charge in [0.2, 0.25) is 17.7 Å². The van der Waals surface area contributed by atoms with Gasteiger partial charge in [0.1, 0.15) is 11.5 Å². The van der Waals surface area contributed by atoms with E-state index in [0.29, 0.717) is 70.0 Å². The number of hydrogen-bond donors (Lipinski definition) is 3. The first-order valence-electron chi connectivity index (χ1n) is 19.8. The summed E-state index contributed by atoms with van der Waals surface area (Å²) >= 11 is 0. The first-order valence-corrected chi connectivity index (χ1v) is 19.8. The zero-order valence-electron chi connectivity index (χ0n) is 30.9. The number of fused-ring (bicyclic) bond motifs is 8. The molecule has 3 atom stereocenters. The number of hydrogen-bond acceptors (Lipinski definition) is 8. The van der Waals surface area contributed by atoms with Gasteiger partial charge in [0.05, 0.1) is 11.6 Å². The maximum Gasteiger partial charge on any atom is 0.260 e. The molecule has 2 bridgehead atoms. The van der Waals surface area contributed by atoms with Gasteiger partial charge in [-0.1, -0.05) is 36.4 Å². The fourth-order valence-electron chi connectivity index (χ4n) is 9.48. The predicted molar refractivity (Wildman–Crippen MR) is 200 cm³/mol. The Balaban J connectivity index is 1.05. The number of aromatic hydroxyl groups is 1. The fraction of sp³-hybridized carbons (Fsp3) is 0.610. The smallest absolute Gasteiger partial charge is 0.260 e. The lowest BCUT2D eigenvalue weighted by Crippen LogP contribution is -2.61. The number of para-hydroxylation sites is 2. The van der Waals surface area contributed by atoms with Gasteiger partial charge in [-0.15, -0.1) is 0 Å². The van der Waals surface area contributed by atoms with Crippen LogP contribution in [-0.2, 0) is 25.7 Å². The molecule has 12 heteroatoms. The molecule has 8 rings (SSSR count). The lowest BCUT2D eigenvalue weighted by atomic mass is 9.80. The van der Waals surface area contributed by atoms with Crippen molar-refractivity contribution in [3.8, 4) is 11.5 Å². The maximum absolute atomic E-state index is 14.1. The van der Waals surface area contributed by atoms with Crippen molar-refractivity contribution in [1.82, 2.24) is 30.2 Å². The van der Waals surface area contributed by atoms with E-state index in [2.05, 4.69) is 20.4 Å². The van der Waals surface area contributed by atoms with Crippen LogP contribution >= 0.6 is 0 Å². The molecule has 0 aromatic heterocycles. The Kier molecular flexibility index (Phi) is 11.8. The summed E-state index contributed by atoms with van der Waals surface area (Å²) in [6.07, 6.45) is 6.70. The number of amides is 4. The van der Waals surface area contributed by atoms with Gasteiger partial charge in [-0.25, -0.2) is 0 Å². The van der Waals surface area contributed by atoms with Crippen LogP contribution in [-0.4, -0.2) is 125 Å². The van der Waals surface area contributed by atoms with Crippen molar-refractivity contribution in [2.24, 2.45) is 11.8 Å². The number of piperidine rings is 3. The second-order valence-electron chi connectivity index (χ2n) is 16.0. The number of benzene rings is 2. The topological polar surface area (TPSA) is 135 Å². The van der Waals surface area contributed by atoms with E-state index in [1.807, 2.05) is 53.4 Å². The quantitative estimate of drug-likeness (QED) is 0.428. The van der Waals surface area contributed by atoms with Crippen LogP contribution in [0.15, 0.2) is 54.6 Å².